The second-order valence-electron chi connectivity index (χ2n) is 2.93. The minimum Gasteiger partial charge on any atom is -0.366 e. The molecule has 2 heterocycles. The van der Waals surface area contributed by atoms with E-state index in [1.807, 2.05) is 17.5 Å². The van der Waals surface area contributed by atoms with Crippen molar-refractivity contribution >= 4 is 17.2 Å². The molecule has 0 aliphatic heterocycles. The molecule has 0 saturated heterocycles. The SMILES string of the molecule is O=c1cc(NCc2cccs2)[nH]c(=O)[nH]1. The molecule has 0 fully saturated rings. The first-order chi connectivity index (χ1) is 7.24. The van der Waals surface area contributed by atoms with Gasteiger partial charge in [0.05, 0.1) is 6.54 Å². The zero-order chi connectivity index (χ0) is 10.7. The second kappa shape index (κ2) is 4.14. The highest BCUT2D eigenvalue weighted by molar-refractivity contribution is 7.09. The van der Waals surface area contributed by atoms with Crippen molar-refractivity contribution in [2.75, 3.05) is 5.32 Å². The third-order valence-electron chi connectivity index (χ3n) is 1.79. The third kappa shape index (κ3) is 2.57. The minimum absolute atomic E-state index is 0.410. The third-order valence-corrected chi connectivity index (χ3v) is 2.67. The first kappa shape index (κ1) is 9.72. The van der Waals surface area contributed by atoms with E-state index in [9.17, 15) is 9.59 Å². The number of nitrogens with one attached hydrogen (secondary N) is 3. The molecule has 0 atom stereocenters. The van der Waals surface area contributed by atoms with Gasteiger partial charge < -0.3 is 5.32 Å². The average molecular weight is 223 g/mol. The lowest BCUT2D eigenvalue weighted by Gasteiger charge is -2.02. The Balaban J connectivity index is 2.11. The second-order valence-corrected chi connectivity index (χ2v) is 3.97. The molecule has 0 amide bonds. The Hall–Kier alpha value is -1.82. The van der Waals surface area contributed by atoms with Gasteiger partial charge in [0.1, 0.15) is 5.82 Å². The van der Waals surface area contributed by atoms with Gasteiger partial charge in [-0.15, -0.1) is 11.3 Å². The maximum absolute atomic E-state index is 11.0. The molecule has 0 radical (unpaired) electrons. The summed E-state index contributed by atoms with van der Waals surface area (Å²) < 4.78 is 0. The fraction of sp³-hybridized carbons (Fsp3) is 0.111. The van der Waals surface area contributed by atoms with Crippen molar-refractivity contribution in [1.29, 1.82) is 0 Å². The van der Waals surface area contributed by atoms with E-state index in [0.717, 1.165) is 4.88 Å². The highest BCUT2D eigenvalue weighted by atomic mass is 32.1. The van der Waals surface area contributed by atoms with Gasteiger partial charge in [-0.25, -0.2) is 4.79 Å². The van der Waals surface area contributed by atoms with E-state index >= 15 is 0 Å². The molecule has 0 aliphatic rings. The van der Waals surface area contributed by atoms with Crippen LogP contribution in [0, 0.1) is 0 Å². The van der Waals surface area contributed by atoms with Crippen molar-refractivity contribution in [2.24, 2.45) is 0 Å². The van der Waals surface area contributed by atoms with Gasteiger partial charge in [0, 0.05) is 10.9 Å². The molecule has 0 spiro atoms. The van der Waals surface area contributed by atoms with E-state index in [1.165, 1.54) is 6.07 Å². The van der Waals surface area contributed by atoms with Crippen molar-refractivity contribution in [1.82, 2.24) is 9.97 Å². The fourth-order valence-corrected chi connectivity index (χ4v) is 1.80. The fourth-order valence-electron chi connectivity index (χ4n) is 1.16. The lowest BCUT2D eigenvalue weighted by molar-refractivity contribution is 1.01. The molecule has 0 saturated carbocycles. The van der Waals surface area contributed by atoms with Crippen LogP contribution >= 0.6 is 11.3 Å². The predicted molar refractivity (Wildman–Crippen MR) is 59.3 cm³/mol. The number of H-pyrrole nitrogens is 2. The number of hydrogen-bond donors (Lipinski definition) is 3. The molecule has 6 heteroatoms. The van der Waals surface area contributed by atoms with Crippen LogP contribution in [0.25, 0.3) is 0 Å². The maximum Gasteiger partial charge on any atom is 0.327 e. The summed E-state index contributed by atoms with van der Waals surface area (Å²) in [6.45, 7) is 0.594. The smallest absolute Gasteiger partial charge is 0.327 e. The van der Waals surface area contributed by atoms with Crippen LogP contribution in [0.2, 0.25) is 0 Å². The number of rotatable bonds is 3. The van der Waals surface area contributed by atoms with Crippen LogP contribution in [-0.2, 0) is 6.54 Å². The summed E-state index contributed by atoms with van der Waals surface area (Å²) in [7, 11) is 0. The summed E-state index contributed by atoms with van der Waals surface area (Å²) in [6.07, 6.45) is 0. The van der Waals surface area contributed by atoms with E-state index in [0.29, 0.717) is 12.4 Å². The molecular formula is C9H9N3O2S. The van der Waals surface area contributed by atoms with Crippen molar-refractivity contribution in [3.05, 3.63) is 49.3 Å². The summed E-state index contributed by atoms with van der Waals surface area (Å²) in [5.74, 6) is 0.428. The number of anilines is 1. The topological polar surface area (TPSA) is 77.8 Å². The van der Waals surface area contributed by atoms with Gasteiger partial charge in [-0.05, 0) is 11.4 Å². The molecule has 0 aromatic carbocycles. The van der Waals surface area contributed by atoms with Gasteiger partial charge in [-0.3, -0.25) is 14.8 Å². The number of aromatic amines is 2. The van der Waals surface area contributed by atoms with Gasteiger partial charge in [0.25, 0.3) is 5.56 Å². The summed E-state index contributed by atoms with van der Waals surface area (Å²) >= 11 is 1.61. The van der Waals surface area contributed by atoms with Crippen LogP contribution in [0.4, 0.5) is 5.82 Å². The van der Waals surface area contributed by atoms with Crippen LogP contribution in [0.15, 0.2) is 33.2 Å². The summed E-state index contributed by atoms with van der Waals surface area (Å²) in [4.78, 5) is 27.6. The molecule has 0 bridgehead atoms. The molecular weight excluding hydrogens is 214 g/mol. The van der Waals surface area contributed by atoms with Gasteiger partial charge in [-0.2, -0.15) is 0 Å². The molecule has 15 heavy (non-hydrogen) atoms. The lowest BCUT2D eigenvalue weighted by atomic mass is 10.4. The van der Waals surface area contributed by atoms with Crippen LogP contribution in [-0.4, -0.2) is 9.97 Å². The Labute approximate surface area is 88.8 Å². The van der Waals surface area contributed by atoms with Gasteiger partial charge in [-0.1, -0.05) is 6.07 Å². The van der Waals surface area contributed by atoms with E-state index in [4.69, 9.17) is 0 Å². The maximum atomic E-state index is 11.0. The van der Waals surface area contributed by atoms with E-state index in [1.54, 1.807) is 11.3 Å². The summed E-state index contributed by atoms with van der Waals surface area (Å²) in [5, 5.41) is 4.93. The molecule has 0 aliphatic carbocycles. The molecule has 78 valence electrons. The lowest BCUT2D eigenvalue weighted by Crippen LogP contribution is -2.22. The Morgan fingerprint density at radius 2 is 2.20 bits per heavy atom. The van der Waals surface area contributed by atoms with E-state index in [-0.39, 0.29) is 0 Å². The van der Waals surface area contributed by atoms with Gasteiger partial charge in [0.2, 0.25) is 0 Å². The summed E-state index contributed by atoms with van der Waals surface area (Å²) in [6, 6.07) is 5.24. The highest BCUT2D eigenvalue weighted by Crippen LogP contribution is 2.09. The first-order valence-corrected chi connectivity index (χ1v) is 5.22. The Morgan fingerprint density at radius 3 is 2.87 bits per heavy atom. The zero-order valence-electron chi connectivity index (χ0n) is 7.74. The standard InChI is InChI=1S/C9H9N3O2S/c13-8-4-7(11-9(14)12-8)10-5-6-2-1-3-15-6/h1-4H,5H2,(H3,10,11,12,13,14). The Bertz CT molecular complexity index is 513. The number of hydrogen-bond acceptors (Lipinski definition) is 4. The van der Waals surface area contributed by atoms with Gasteiger partial charge >= 0.3 is 5.69 Å². The monoisotopic (exact) mass is 223 g/mol. The quantitative estimate of drug-likeness (QED) is 0.718. The van der Waals surface area contributed by atoms with Crippen LogP contribution in [0.5, 0.6) is 0 Å². The molecule has 2 aromatic heterocycles. The van der Waals surface area contributed by atoms with Crippen molar-refractivity contribution in [3.63, 3.8) is 0 Å². The van der Waals surface area contributed by atoms with Gasteiger partial charge in [0.15, 0.2) is 0 Å². The van der Waals surface area contributed by atoms with Crippen LogP contribution < -0.4 is 16.6 Å². The molecule has 2 rings (SSSR count). The Morgan fingerprint density at radius 1 is 1.33 bits per heavy atom. The first-order valence-electron chi connectivity index (χ1n) is 4.34. The Kier molecular flexibility index (Phi) is 2.68. The molecule has 2 aromatic rings. The molecule has 5 nitrogen and oxygen atoms in total. The predicted octanol–water partition coefficient (Wildman–Crippen LogP) is 0.737. The average Bonchev–Trinajstić information content (AvgIpc) is 2.65. The van der Waals surface area contributed by atoms with Crippen molar-refractivity contribution in [3.8, 4) is 0 Å². The minimum atomic E-state index is -0.504. The van der Waals surface area contributed by atoms with E-state index in [2.05, 4.69) is 15.3 Å². The zero-order valence-corrected chi connectivity index (χ0v) is 8.56. The number of thiophene rings is 1. The van der Waals surface area contributed by atoms with Crippen LogP contribution in [0.1, 0.15) is 4.88 Å². The van der Waals surface area contributed by atoms with Crippen molar-refractivity contribution < 1.29 is 0 Å². The normalized spacial score (nSPS) is 10.1. The largest absolute Gasteiger partial charge is 0.366 e. The molecule has 0 unspecified atom stereocenters. The van der Waals surface area contributed by atoms with Crippen LogP contribution in [0.3, 0.4) is 0 Å². The summed E-state index contributed by atoms with van der Waals surface area (Å²) in [5.41, 5.74) is -0.913. The van der Waals surface area contributed by atoms with E-state index < -0.39 is 11.2 Å². The van der Waals surface area contributed by atoms with Crippen molar-refractivity contribution in [2.45, 2.75) is 6.54 Å². The highest BCUT2D eigenvalue weighted by Gasteiger charge is 1.97. The molecule has 3 N–H and O–H groups in total. The number of aromatic nitrogens is 2.